The molecule has 0 amide bonds. The monoisotopic (exact) mass is 252 g/mol. The second-order valence-corrected chi connectivity index (χ2v) is 4.31. The minimum atomic E-state index is 0.467. The normalized spacial score (nSPS) is 10.4. The molecule has 0 saturated carbocycles. The third-order valence-electron chi connectivity index (χ3n) is 2.18. The molecule has 2 rings (SSSR count). The zero-order valence-electron chi connectivity index (χ0n) is 8.74. The van der Waals surface area contributed by atoms with Gasteiger partial charge in [-0.3, -0.25) is 0 Å². The predicted molar refractivity (Wildman–Crippen MR) is 66.0 cm³/mol. The summed E-state index contributed by atoms with van der Waals surface area (Å²) >= 11 is 11.9. The second kappa shape index (κ2) is 4.81. The number of hydrogen-bond acceptors (Lipinski definition) is 2. The van der Waals surface area contributed by atoms with Gasteiger partial charge in [-0.1, -0.05) is 41.4 Å². The molecule has 1 aromatic carbocycles. The van der Waals surface area contributed by atoms with E-state index in [1.807, 2.05) is 31.2 Å². The number of hydrogen-bond donors (Lipinski definition) is 0. The lowest BCUT2D eigenvalue weighted by Crippen LogP contribution is -1.99. The summed E-state index contributed by atoms with van der Waals surface area (Å²) in [6.07, 6.45) is 0.598. The van der Waals surface area contributed by atoms with Crippen molar-refractivity contribution in [2.24, 2.45) is 0 Å². The van der Waals surface area contributed by atoms with Crippen LogP contribution >= 0.6 is 23.2 Å². The van der Waals surface area contributed by atoms with Crippen LogP contribution in [0.1, 0.15) is 17.1 Å². The fourth-order valence-electron chi connectivity index (χ4n) is 1.48. The van der Waals surface area contributed by atoms with Crippen molar-refractivity contribution in [2.75, 3.05) is 0 Å². The average molecular weight is 253 g/mol. The maximum atomic E-state index is 6.07. The summed E-state index contributed by atoms with van der Waals surface area (Å²) in [5.41, 5.74) is 1.87. The summed E-state index contributed by atoms with van der Waals surface area (Å²) in [6, 6.07) is 9.39. The van der Waals surface area contributed by atoms with Crippen LogP contribution in [-0.4, -0.2) is 9.97 Å². The summed E-state index contributed by atoms with van der Waals surface area (Å²) in [6.45, 7) is 1.89. The van der Waals surface area contributed by atoms with Crippen LogP contribution in [0.15, 0.2) is 30.3 Å². The minimum absolute atomic E-state index is 0.467. The number of aryl methyl sites for hydroxylation is 1. The van der Waals surface area contributed by atoms with Crippen molar-refractivity contribution in [1.29, 1.82) is 0 Å². The molecule has 0 atom stereocenters. The molecule has 1 aromatic heterocycles. The Kier molecular flexibility index (Phi) is 3.42. The Morgan fingerprint density at radius 2 is 1.88 bits per heavy atom. The molecule has 0 aliphatic rings. The highest BCUT2D eigenvalue weighted by Crippen LogP contribution is 2.18. The van der Waals surface area contributed by atoms with Gasteiger partial charge in [0.05, 0.1) is 0 Å². The molecule has 82 valence electrons. The molecule has 4 heteroatoms. The molecule has 0 unspecified atom stereocenters. The summed E-state index contributed by atoms with van der Waals surface area (Å²) in [7, 11) is 0. The first-order valence-electron chi connectivity index (χ1n) is 4.88. The fourth-order valence-corrected chi connectivity index (χ4v) is 1.94. The van der Waals surface area contributed by atoms with Gasteiger partial charge in [-0.25, -0.2) is 9.97 Å². The molecule has 1 heterocycles. The highest BCUT2D eigenvalue weighted by atomic mass is 35.5. The van der Waals surface area contributed by atoms with Crippen LogP contribution < -0.4 is 0 Å². The van der Waals surface area contributed by atoms with Gasteiger partial charge in [0.1, 0.15) is 11.0 Å². The van der Waals surface area contributed by atoms with Crippen LogP contribution in [0.3, 0.4) is 0 Å². The number of aromatic nitrogens is 2. The lowest BCUT2D eigenvalue weighted by molar-refractivity contribution is 0.943. The van der Waals surface area contributed by atoms with E-state index in [2.05, 4.69) is 9.97 Å². The number of nitrogens with zero attached hydrogens (tertiary/aromatic N) is 2. The molecule has 0 aliphatic carbocycles. The van der Waals surface area contributed by atoms with Crippen LogP contribution in [0.5, 0.6) is 0 Å². The first kappa shape index (κ1) is 11.4. The summed E-state index contributed by atoms with van der Waals surface area (Å²) in [4.78, 5) is 8.48. The summed E-state index contributed by atoms with van der Waals surface area (Å²) in [5, 5.41) is 1.19. The molecular weight excluding hydrogens is 243 g/mol. The van der Waals surface area contributed by atoms with E-state index in [0.717, 1.165) is 16.3 Å². The molecule has 2 aromatic rings. The molecular formula is C12H10Cl2N2. The SMILES string of the molecule is Cc1cc(Cl)nc(Cc2ccccc2Cl)n1. The molecule has 0 fully saturated rings. The molecule has 0 bridgehead atoms. The highest BCUT2D eigenvalue weighted by molar-refractivity contribution is 6.31. The molecule has 0 radical (unpaired) electrons. The van der Waals surface area contributed by atoms with E-state index in [0.29, 0.717) is 17.4 Å². The Morgan fingerprint density at radius 3 is 2.56 bits per heavy atom. The van der Waals surface area contributed by atoms with Crippen LogP contribution in [-0.2, 0) is 6.42 Å². The van der Waals surface area contributed by atoms with Gasteiger partial charge in [-0.15, -0.1) is 0 Å². The number of benzene rings is 1. The van der Waals surface area contributed by atoms with Crippen LogP contribution in [0.4, 0.5) is 0 Å². The third-order valence-corrected chi connectivity index (χ3v) is 2.74. The van der Waals surface area contributed by atoms with Gasteiger partial charge < -0.3 is 0 Å². The van der Waals surface area contributed by atoms with E-state index in [1.165, 1.54) is 0 Å². The quantitative estimate of drug-likeness (QED) is 0.763. The van der Waals surface area contributed by atoms with Gasteiger partial charge in [-0.2, -0.15) is 0 Å². The number of halogens is 2. The molecule has 0 saturated heterocycles. The maximum absolute atomic E-state index is 6.07. The minimum Gasteiger partial charge on any atom is -0.238 e. The van der Waals surface area contributed by atoms with E-state index < -0.39 is 0 Å². The van der Waals surface area contributed by atoms with Gasteiger partial charge in [0.2, 0.25) is 0 Å². The van der Waals surface area contributed by atoms with Crippen molar-refractivity contribution < 1.29 is 0 Å². The first-order chi connectivity index (χ1) is 7.65. The molecule has 0 spiro atoms. The van der Waals surface area contributed by atoms with Crippen molar-refractivity contribution in [3.8, 4) is 0 Å². The van der Waals surface area contributed by atoms with E-state index in [1.54, 1.807) is 6.07 Å². The zero-order chi connectivity index (χ0) is 11.5. The Bertz CT molecular complexity index is 492. The first-order valence-corrected chi connectivity index (χ1v) is 5.64. The zero-order valence-corrected chi connectivity index (χ0v) is 10.3. The predicted octanol–water partition coefficient (Wildman–Crippen LogP) is 3.68. The Balaban J connectivity index is 2.30. The standard InChI is InChI=1S/C12H10Cl2N2/c1-8-6-11(14)16-12(15-8)7-9-4-2-3-5-10(9)13/h2-6H,7H2,1H3. The average Bonchev–Trinajstić information content (AvgIpc) is 2.20. The van der Waals surface area contributed by atoms with Crippen LogP contribution in [0, 0.1) is 6.92 Å². The van der Waals surface area contributed by atoms with E-state index in [9.17, 15) is 0 Å². The topological polar surface area (TPSA) is 25.8 Å². The summed E-state index contributed by atoms with van der Waals surface area (Å²) in [5.74, 6) is 0.693. The van der Waals surface area contributed by atoms with Gasteiger partial charge in [0.25, 0.3) is 0 Å². The number of rotatable bonds is 2. The third kappa shape index (κ3) is 2.71. The van der Waals surface area contributed by atoms with Crippen LogP contribution in [0.25, 0.3) is 0 Å². The lowest BCUT2D eigenvalue weighted by atomic mass is 10.1. The second-order valence-electron chi connectivity index (χ2n) is 3.52. The Labute approximate surface area is 104 Å². The van der Waals surface area contributed by atoms with Gasteiger partial charge in [-0.05, 0) is 24.6 Å². The van der Waals surface area contributed by atoms with Gasteiger partial charge in [0, 0.05) is 17.1 Å². The smallest absolute Gasteiger partial charge is 0.134 e. The van der Waals surface area contributed by atoms with E-state index >= 15 is 0 Å². The lowest BCUT2D eigenvalue weighted by Gasteiger charge is -2.04. The van der Waals surface area contributed by atoms with Crippen LogP contribution in [0.2, 0.25) is 10.2 Å². The van der Waals surface area contributed by atoms with Crippen molar-refractivity contribution in [2.45, 2.75) is 13.3 Å². The fraction of sp³-hybridized carbons (Fsp3) is 0.167. The van der Waals surface area contributed by atoms with Crippen molar-refractivity contribution >= 4 is 23.2 Å². The largest absolute Gasteiger partial charge is 0.238 e. The van der Waals surface area contributed by atoms with Gasteiger partial charge in [0.15, 0.2) is 0 Å². The Hall–Kier alpha value is -1.12. The van der Waals surface area contributed by atoms with Crippen molar-refractivity contribution in [3.05, 3.63) is 57.6 Å². The molecule has 2 nitrogen and oxygen atoms in total. The van der Waals surface area contributed by atoms with E-state index in [4.69, 9.17) is 23.2 Å². The van der Waals surface area contributed by atoms with E-state index in [-0.39, 0.29) is 0 Å². The molecule has 0 N–H and O–H groups in total. The van der Waals surface area contributed by atoms with Crippen molar-refractivity contribution in [3.63, 3.8) is 0 Å². The molecule has 16 heavy (non-hydrogen) atoms. The Morgan fingerprint density at radius 1 is 1.12 bits per heavy atom. The maximum Gasteiger partial charge on any atom is 0.134 e. The summed E-state index contributed by atoms with van der Waals surface area (Å²) < 4.78 is 0. The van der Waals surface area contributed by atoms with Gasteiger partial charge >= 0.3 is 0 Å². The highest BCUT2D eigenvalue weighted by Gasteiger charge is 2.05. The molecule has 0 aliphatic heterocycles. The van der Waals surface area contributed by atoms with Crippen molar-refractivity contribution in [1.82, 2.24) is 9.97 Å².